The van der Waals surface area contributed by atoms with E-state index < -0.39 is 10.0 Å². The van der Waals surface area contributed by atoms with Gasteiger partial charge in [0, 0.05) is 35.9 Å². The summed E-state index contributed by atoms with van der Waals surface area (Å²) in [6.45, 7) is 4.37. The molecular formula is C23H24ClN3O3S. The Balaban J connectivity index is 1.80. The molecule has 1 heterocycles. The van der Waals surface area contributed by atoms with Crippen LogP contribution >= 0.6 is 11.6 Å². The Hall–Kier alpha value is -2.74. The minimum atomic E-state index is -3.53. The summed E-state index contributed by atoms with van der Waals surface area (Å²) in [7, 11) is -0.597. The Bertz CT molecular complexity index is 1240. The largest absolute Gasteiger partial charge is 0.289 e. The summed E-state index contributed by atoms with van der Waals surface area (Å²) in [5, 5.41) is 5.26. The van der Waals surface area contributed by atoms with Crippen molar-refractivity contribution in [2.24, 2.45) is 0 Å². The van der Waals surface area contributed by atoms with Crippen LogP contribution in [0, 0.1) is 13.8 Å². The summed E-state index contributed by atoms with van der Waals surface area (Å²) in [5.41, 5.74) is 3.98. The van der Waals surface area contributed by atoms with Gasteiger partial charge in [0.05, 0.1) is 17.1 Å². The van der Waals surface area contributed by atoms with Crippen LogP contribution in [0.3, 0.4) is 0 Å². The fraction of sp³-hybridized carbons (Fsp3) is 0.217. The highest BCUT2D eigenvalue weighted by Crippen LogP contribution is 2.21. The van der Waals surface area contributed by atoms with Gasteiger partial charge in [-0.1, -0.05) is 29.8 Å². The van der Waals surface area contributed by atoms with E-state index in [1.807, 2.05) is 42.8 Å². The SMILES string of the molecule is Cc1nn(Cc2ccccc2Cl)c(C)c1/C=C/C(=O)c1ccc(S(=O)(=O)N(C)C)cc1. The van der Waals surface area contributed by atoms with E-state index in [1.54, 1.807) is 6.08 Å². The van der Waals surface area contributed by atoms with E-state index in [4.69, 9.17) is 11.6 Å². The zero-order chi connectivity index (χ0) is 22.8. The molecule has 0 spiro atoms. The van der Waals surface area contributed by atoms with Crippen molar-refractivity contribution in [1.29, 1.82) is 0 Å². The topological polar surface area (TPSA) is 72.3 Å². The standard InChI is InChI=1S/C23H24ClN3O3S/c1-16-21(17(2)27(25-16)15-19-7-5-6-8-22(19)24)13-14-23(28)18-9-11-20(12-10-18)31(29,30)26(3)4/h5-14H,15H2,1-4H3/b14-13+. The number of rotatable bonds is 7. The number of hydrogen-bond donors (Lipinski definition) is 0. The van der Waals surface area contributed by atoms with Gasteiger partial charge in [-0.25, -0.2) is 12.7 Å². The van der Waals surface area contributed by atoms with E-state index in [-0.39, 0.29) is 10.7 Å². The molecule has 6 nitrogen and oxygen atoms in total. The highest BCUT2D eigenvalue weighted by atomic mass is 35.5. The Morgan fingerprint density at radius 3 is 2.35 bits per heavy atom. The molecule has 0 fully saturated rings. The maximum absolute atomic E-state index is 12.6. The predicted molar refractivity (Wildman–Crippen MR) is 123 cm³/mol. The lowest BCUT2D eigenvalue weighted by molar-refractivity contribution is 0.104. The van der Waals surface area contributed by atoms with Gasteiger partial charge in [0.1, 0.15) is 0 Å². The number of aromatic nitrogens is 2. The highest BCUT2D eigenvalue weighted by molar-refractivity contribution is 7.89. The molecule has 0 saturated carbocycles. The average Bonchev–Trinajstić information content (AvgIpc) is 3.00. The van der Waals surface area contributed by atoms with Gasteiger partial charge >= 0.3 is 0 Å². The first-order valence-electron chi connectivity index (χ1n) is 9.63. The molecule has 2 aromatic carbocycles. The van der Waals surface area contributed by atoms with Crippen molar-refractivity contribution >= 4 is 33.5 Å². The fourth-order valence-electron chi connectivity index (χ4n) is 3.15. The zero-order valence-corrected chi connectivity index (χ0v) is 19.4. The molecule has 0 radical (unpaired) electrons. The molecule has 3 aromatic rings. The highest BCUT2D eigenvalue weighted by Gasteiger charge is 2.17. The number of nitrogens with zero attached hydrogens (tertiary/aromatic N) is 3. The minimum absolute atomic E-state index is 0.144. The minimum Gasteiger partial charge on any atom is -0.289 e. The molecule has 0 atom stereocenters. The lowest BCUT2D eigenvalue weighted by Gasteiger charge is -2.11. The van der Waals surface area contributed by atoms with Crippen LogP contribution in [-0.2, 0) is 16.6 Å². The maximum Gasteiger partial charge on any atom is 0.242 e. The third-order valence-corrected chi connectivity index (χ3v) is 7.23. The first-order chi connectivity index (χ1) is 14.6. The molecule has 0 bridgehead atoms. The van der Waals surface area contributed by atoms with Crippen LogP contribution < -0.4 is 0 Å². The van der Waals surface area contributed by atoms with E-state index in [9.17, 15) is 13.2 Å². The van der Waals surface area contributed by atoms with Gasteiger partial charge in [-0.2, -0.15) is 5.10 Å². The summed E-state index contributed by atoms with van der Waals surface area (Å²) >= 11 is 6.26. The number of ketones is 1. The fourth-order valence-corrected chi connectivity index (χ4v) is 4.25. The molecular weight excluding hydrogens is 434 g/mol. The Morgan fingerprint density at radius 2 is 1.74 bits per heavy atom. The Kier molecular flexibility index (Phi) is 6.79. The number of aryl methyl sites for hydroxylation is 1. The number of hydrogen-bond acceptors (Lipinski definition) is 4. The Labute approximate surface area is 187 Å². The van der Waals surface area contributed by atoms with Gasteiger partial charge in [-0.15, -0.1) is 0 Å². The normalized spacial score (nSPS) is 12.1. The summed E-state index contributed by atoms with van der Waals surface area (Å²) in [5.74, 6) is -0.216. The lowest BCUT2D eigenvalue weighted by atomic mass is 10.1. The van der Waals surface area contributed by atoms with Crippen LogP contribution in [-0.4, -0.2) is 42.4 Å². The summed E-state index contributed by atoms with van der Waals surface area (Å²) in [6.07, 6.45) is 3.22. The molecule has 162 valence electrons. The molecule has 8 heteroatoms. The van der Waals surface area contributed by atoms with Crippen LogP contribution in [0.25, 0.3) is 6.08 Å². The molecule has 0 aliphatic rings. The van der Waals surface area contributed by atoms with Crippen molar-refractivity contribution < 1.29 is 13.2 Å². The van der Waals surface area contributed by atoms with Gasteiger partial charge < -0.3 is 0 Å². The van der Waals surface area contributed by atoms with Crippen LogP contribution in [0.4, 0.5) is 0 Å². The monoisotopic (exact) mass is 457 g/mol. The van der Waals surface area contributed by atoms with Crippen LogP contribution in [0.2, 0.25) is 5.02 Å². The average molecular weight is 458 g/mol. The van der Waals surface area contributed by atoms with E-state index in [2.05, 4.69) is 5.10 Å². The van der Waals surface area contributed by atoms with Gasteiger partial charge in [0.25, 0.3) is 0 Å². The van der Waals surface area contributed by atoms with Gasteiger partial charge in [0.15, 0.2) is 5.78 Å². The molecule has 31 heavy (non-hydrogen) atoms. The quantitative estimate of drug-likeness (QED) is 0.390. The number of carbonyl (C=O) groups excluding carboxylic acids is 1. The van der Waals surface area contributed by atoms with Crippen LogP contribution in [0.1, 0.15) is 32.9 Å². The number of halogens is 1. The second-order valence-corrected chi connectivity index (χ2v) is 9.90. The first-order valence-corrected chi connectivity index (χ1v) is 11.5. The van der Waals surface area contributed by atoms with Crippen molar-refractivity contribution in [2.45, 2.75) is 25.3 Å². The molecule has 0 aliphatic heterocycles. The van der Waals surface area contributed by atoms with Crippen molar-refractivity contribution in [1.82, 2.24) is 14.1 Å². The molecule has 1 aromatic heterocycles. The van der Waals surface area contributed by atoms with Crippen LogP contribution in [0.5, 0.6) is 0 Å². The van der Waals surface area contributed by atoms with Crippen molar-refractivity contribution in [3.63, 3.8) is 0 Å². The van der Waals surface area contributed by atoms with Crippen molar-refractivity contribution in [2.75, 3.05) is 14.1 Å². The van der Waals surface area contributed by atoms with E-state index in [0.29, 0.717) is 17.1 Å². The van der Waals surface area contributed by atoms with Crippen molar-refractivity contribution in [3.8, 4) is 0 Å². The van der Waals surface area contributed by atoms with E-state index in [0.717, 1.165) is 26.8 Å². The molecule has 0 unspecified atom stereocenters. The number of allylic oxidation sites excluding steroid dienone is 1. The first kappa shape index (κ1) is 22.9. The van der Waals surface area contributed by atoms with E-state index in [1.165, 1.54) is 44.4 Å². The van der Waals surface area contributed by atoms with Gasteiger partial charge in [-0.3, -0.25) is 9.48 Å². The third kappa shape index (κ3) is 4.95. The van der Waals surface area contributed by atoms with Crippen LogP contribution in [0.15, 0.2) is 59.5 Å². The second kappa shape index (κ2) is 9.18. The zero-order valence-electron chi connectivity index (χ0n) is 17.8. The summed E-state index contributed by atoms with van der Waals surface area (Å²) < 4.78 is 27.3. The van der Waals surface area contributed by atoms with Gasteiger partial charge in [0.2, 0.25) is 10.0 Å². The summed E-state index contributed by atoms with van der Waals surface area (Å²) in [4.78, 5) is 12.7. The number of carbonyl (C=O) groups is 1. The predicted octanol–water partition coefficient (Wildman–Crippen LogP) is 4.35. The maximum atomic E-state index is 12.6. The van der Waals surface area contributed by atoms with Crippen molar-refractivity contribution in [3.05, 3.63) is 87.7 Å². The van der Waals surface area contributed by atoms with Gasteiger partial charge in [-0.05, 0) is 61.9 Å². The molecule has 3 rings (SSSR count). The molecule has 0 amide bonds. The Morgan fingerprint density at radius 1 is 1.10 bits per heavy atom. The lowest BCUT2D eigenvalue weighted by Crippen LogP contribution is -2.22. The summed E-state index contributed by atoms with van der Waals surface area (Å²) in [6, 6.07) is 13.5. The smallest absolute Gasteiger partial charge is 0.242 e. The van der Waals surface area contributed by atoms with E-state index >= 15 is 0 Å². The molecule has 0 N–H and O–H groups in total. The molecule has 0 aliphatic carbocycles. The third-order valence-electron chi connectivity index (χ3n) is 5.03. The molecule has 0 saturated heterocycles. The number of benzene rings is 2. The second-order valence-electron chi connectivity index (χ2n) is 7.34. The number of sulfonamides is 1.